The molecule has 0 aliphatic carbocycles. The van der Waals surface area contributed by atoms with Crippen molar-refractivity contribution in [3.8, 4) is 11.3 Å². The molecule has 2 heterocycles. The van der Waals surface area contributed by atoms with E-state index in [0.29, 0.717) is 11.7 Å². The number of ether oxygens (including phenoxy) is 1. The van der Waals surface area contributed by atoms with E-state index >= 15 is 0 Å². The molecule has 100 valence electrons. The summed E-state index contributed by atoms with van der Waals surface area (Å²) in [6.07, 6.45) is 2.24. The third kappa shape index (κ3) is 2.49. The van der Waals surface area contributed by atoms with Gasteiger partial charge in [0.25, 0.3) is 0 Å². The number of anilines is 1. The molecule has 19 heavy (non-hydrogen) atoms. The van der Waals surface area contributed by atoms with Crippen LogP contribution in [0.1, 0.15) is 24.3 Å². The summed E-state index contributed by atoms with van der Waals surface area (Å²) >= 11 is 0. The summed E-state index contributed by atoms with van der Waals surface area (Å²) in [6.45, 7) is 1.76. The SMILES string of the molecule is Cn1nc(-c2ccc(C3CCOCC3)cc2)cc1N. The summed E-state index contributed by atoms with van der Waals surface area (Å²) in [5.41, 5.74) is 9.25. The molecule has 1 aliphatic rings. The minimum atomic E-state index is 0.636. The highest BCUT2D eigenvalue weighted by molar-refractivity contribution is 5.62. The lowest BCUT2D eigenvalue weighted by atomic mass is 9.91. The highest BCUT2D eigenvalue weighted by atomic mass is 16.5. The van der Waals surface area contributed by atoms with Gasteiger partial charge in [-0.2, -0.15) is 5.10 Å². The van der Waals surface area contributed by atoms with Gasteiger partial charge < -0.3 is 10.5 Å². The lowest BCUT2D eigenvalue weighted by Gasteiger charge is -2.22. The van der Waals surface area contributed by atoms with E-state index in [2.05, 4.69) is 29.4 Å². The van der Waals surface area contributed by atoms with Crippen LogP contribution < -0.4 is 5.73 Å². The summed E-state index contributed by atoms with van der Waals surface area (Å²) in [5, 5.41) is 4.39. The second-order valence-corrected chi connectivity index (χ2v) is 5.09. The van der Waals surface area contributed by atoms with Crippen LogP contribution in [0.4, 0.5) is 5.82 Å². The van der Waals surface area contributed by atoms with Gasteiger partial charge in [-0.1, -0.05) is 24.3 Å². The minimum Gasteiger partial charge on any atom is -0.384 e. The Bertz CT molecular complexity index is 534. The van der Waals surface area contributed by atoms with E-state index in [9.17, 15) is 0 Å². The Labute approximate surface area is 113 Å². The number of hydrogen-bond donors (Lipinski definition) is 1. The van der Waals surface area contributed by atoms with Gasteiger partial charge in [0.1, 0.15) is 5.82 Å². The first-order valence-electron chi connectivity index (χ1n) is 6.71. The molecular weight excluding hydrogens is 238 g/mol. The Morgan fingerprint density at radius 3 is 2.47 bits per heavy atom. The van der Waals surface area contributed by atoms with Crippen molar-refractivity contribution in [2.75, 3.05) is 18.9 Å². The van der Waals surface area contributed by atoms with Crippen LogP contribution in [-0.2, 0) is 11.8 Å². The number of aryl methyl sites for hydroxylation is 1. The number of nitrogens with two attached hydrogens (primary N) is 1. The van der Waals surface area contributed by atoms with E-state index in [4.69, 9.17) is 10.5 Å². The summed E-state index contributed by atoms with van der Waals surface area (Å²) in [4.78, 5) is 0. The summed E-state index contributed by atoms with van der Waals surface area (Å²) in [5.74, 6) is 1.32. The van der Waals surface area contributed by atoms with Crippen LogP contribution in [-0.4, -0.2) is 23.0 Å². The van der Waals surface area contributed by atoms with Crippen LogP contribution in [0.3, 0.4) is 0 Å². The fourth-order valence-electron chi connectivity index (χ4n) is 2.58. The number of benzene rings is 1. The van der Waals surface area contributed by atoms with Crippen molar-refractivity contribution in [3.63, 3.8) is 0 Å². The van der Waals surface area contributed by atoms with Gasteiger partial charge in [-0.3, -0.25) is 4.68 Å². The van der Waals surface area contributed by atoms with Crippen molar-refractivity contribution >= 4 is 5.82 Å². The van der Waals surface area contributed by atoms with Crippen LogP contribution in [0.15, 0.2) is 30.3 Å². The number of aromatic nitrogens is 2. The zero-order chi connectivity index (χ0) is 13.2. The third-order valence-corrected chi connectivity index (χ3v) is 3.82. The minimum absolute atomic E-state index is 0.636. The van der Waals surface area contributed by atoms with Gasteiger partial charge in [0.15, 0.2) is 0 Å². The van der Waals surface area contributed by atoms with Gasteiger partial charge in [-0.25, -0.2) is 0 Å². The normalized spacial score (nSPS) is 16.7. The van der Waals surface area contributed by atoms with Crippen molar-refractivity contribution in [2.45, 2.75) is 18.8 Å². The maximum absolute atomic E-state index is 5.81. The van der Waals surface area contributed by atoms with Crippen LogP contribution in [0.25, 0.3) is 11.3 Å². The van der Waals surface area contributed by atoms with E-state index in [1.54, 1.807) is 4.68 Å². The van der Waals surface area contributed by atoms with Gasteiger partial charge in [0.05, 0.1) is 5.69 Å². The predicted octanol–water partition coefficient (Wildman–Crippen LogP) is 2.56. The molecule has 4 nitrogen and oxygen atoms in total. The largest absolute Gasteiger partial charge is 0.384 e. The van der Waals surface area contributed by atoms with Crippen molar-refractivity contribution in [3.05, 3.63) is 35.9 Å². The van der Waals surface area contributed by atoms with Crippen molar-refractivity contribution < 1.29 is 4.74 Å². The average Bonchev–Trinajstić information content (AvgIpc) is 2.80. The molecular formula is C15H19N3O. The van der Waals surface area contributed by atoms with E-state index in [0.717, 1.165) is 37.3 Å². The number of rotatable bonds is 2. The molecule has 2 N–H and O–H groups in total. The topological polar surface area (TPSA) is 53.1 Å². The van der Waals surface area contributed by atoms with Crippen LogP contribution >= 0.6 is 0 Å². The third-order valence-electron chi connectivity index (χ3n) is 3.82. The summed E-state index contributed by atoms with van der Waals surface area (Å²) in [6, 6.07) is 10.6. The van der Waals surface area contributed by atoms with Gasteiger partial charge in [0, 0.05) is 31.9 Å². The average molecular weight is 257 g/mol. The number of nitrogen functional groups attached to an aromatic ring is 1. The molecule has 0 saturated carbocycles. The Hall–Kier alpha value is -1.81. The molecule has 2 aromatic rings. The van der Waals surface area contributed by atoms with Crippen LogP contribution in [0.5, 0.6) is 0 Å². The second kappa shape index (κ2) is 5.05. The Morgan fingerprint density at radius 1 is 1.21 bits per heavy atom. The molecule has 0 amide bonds. The molecule has 0 bridgehead atoms. The first kappa shape index (κ1) is 12.2. The second-order valence-electron chi connectivity index (χ2n) is 5.09. The maximum Gasteiger partial charge on any atom is 0.121 e. The first-order chi connectivity index (χ1) is 9.24. The van der Waals surface area contributed by atoms with Crippen LogP contribution in [0, 0.1) is 0 Å². The predicted molar refractivity (Wildman–Crippen MR) is 75.9 cm³/mol. The van der Waals surface area contributed by atoms with Crippen molar-refractivity contribution in [1.82, 2.24) is 9.78 Å². The van der Waals surface area contributed by atoms with E-state index in [1.165, 1.54) is 5.56 Å². The van der Waals surface area contributed by atoms with Gasteiger partial charge >= 0.3 is 0 Å². The van der Waals surface area contributed by atoms with Gasteiger partial charge in [0.2, 0.25) is 0 Å². The fourth-order valence-corrected chi connectivity index (χ4v) is 2.58. The van der Waals surface area contributed by atoms with Gasteiger partial charge in [-0.05, 0) is 24.3 Å². The summed E-state index contributed by atoms with van der Waals surface area (Å²) in [7, 11) is 1.86. The van der Waals surface area contributed by atoms with Gasteiger partial charge in [-0.15, -0.1) is 0 Å². The Balaban J connectivity index is 1.82. The zero-order valence-electron chi connectivity index (χ0n) is 11.2. The molecule has 1 fully saturated rings. The quantitative estimate of drug-likeness (QED) is 0.899. The number of hydrogen-bond acceptors (Lipinski definition) is 3. The molecule has 1 aliphatic heterocycles. The molecule has 0 radical (unpaired) electrons. The monoisotopic (exact) mass is 257 g/mol. The maximum atomic E-state index is 5.81. The van der Waals surface area contributed by atoms with Crippen molar-refractivity contribution in [2.24, 2.45) is 7.05 Å². The van der Waals surface area contributed by atoms with E-state index < -0.39 is 0 Å². The molecule has 1 aromatic heterocycles. The molecule has 0 unspecified atom stereocenters. The summed E-state index contributed by atoms with van der Waals surface area (Å²) < 4.78 is 7.10. The van der Waals surface area contributed by atoms with E-state index in [-0.39, 0.29) is 0 Å². The Morgan fingerprint density at radius 2 is 1.89 bits per heavy atom. The smallest absolute Gasteiger partial charge is 0.121 e. The fraction of sp³-hybridized carbons (Fsp3) is 0.400. The molecule has 3 rings (SSSR count). The lowest BCUT2D eigenvalue weighted by molar-refractivity contribution is 0.0853. The number of nitrogens with zero attached hydrogens (tertiary/aromatic N) is 2. The zero-order valence-corrected chi connectivity index (χ0v) is 11.2. The standard InChI is InChI=1S/C15H19N3O/c1-18-15(16)10-14(17-18)13-4-2-11(3-5-13)12-6-8-19-9-7-12/h2-5,10,12H,6-9,16H2,1H3. The molecule has 1 saturated heterocycles. The molecule has 4 heteroatoms. The molecule has 1 aromatic carbocycles. The lowest BCUT2D eigenvalue weighted by Crippen LogP contribution is -2.13. The molecule has 0 spiro atoms. The molecule has 0 atom stereocenters. The first-order valence-corrected chi connectivity index (χ1v) is 6.71. The van der Waals surface area contributed by atoms with Crippen molar-refractivity contribution in [1.29, 1.82) is 0 Å². The highest BCUT2D eigenvalue weighted by Gasteiger charge is 2.15. The van der Waals surface area contributed by atoms with E-state index in [1.807, 2.05) is 13.1 Å². The van der Waals surface area contributed by atoms with Crippen LogP contribution in [0.2, 0.25) is 0 Å². The highest BCUT2D eigenvalue weighted by Crippen LogP contribution is 2.28. The Kier molecular flexibility index (Phi) is 3.25.